The van der Waals surface area contributed by atoms with E-state index in [-0.39, 0.29) is 4.90 Å². The Hall–Kier alpha value is -2.74. The Bertz CT molecular complexity index is 1050. The normalized spacial score (nSPS) is 15.8. The molecule has 0 saturated carbocycles. The van der Waals surface area contributed by atoms with Crippen molar-refractivity contribution >= 4 is 15.7 Å². The third-order valence-electron chi connectivity index (χ3n) is 5.06. The summed E-state index contributed by atoms with van der Waals surface area (Å²) in [4.78, 5) is 12.4. The number of primary amides is 1. The monoisotopic (exact) mass is 405 g/mol. The minimum Gasteiger partial charge on any atom is -0.493 e. The summed E-state index contributed by atoms with van der Waals surface area (Å²) in [5.41, 5.74) is 8.61. The number of carbonyl (C=O) groups excluding carboxylic acids is 1. The van der Waals surface area contributed by atoms with Gasteiger partial charge in [-0.1, -0.05) is 6.07 Å². The molecule has 2 aromatic rings. The van der Waals surface area contributed by atoms with Gasteiger partial charge in [0.15, 0.2) is 21.3 Å². The van der Waals surface area contributed by atoms with Crippen molar-refractivity contribution in [2.45, 2.75) is 23.7 Å². The van der Waals surface area contributed by atoms with Gasteiger partial charge in [0.1, 0.15) is 0 Å². The largest absolute Gasteiger partial charge is 0.493 e. The lowest BCUT2D eigenvalue weighted by atomic mass is 9.89. The van der Waals surface area contributed by atoms with Crippen molar-refractivity contribution in [3.05, 3.63) is 35.4 Å². The van der Waals surface area contributed by atoms with Gasteiger partial charge in [-0.2, -0.15) is 0 Å². The number of aryl methyl sites for hydroxylation is 1. The highest BCUT2D eigenvalue weighted by Gasteiger charge is 2.32. The predicted molar refractivity (Wildman–Crippen MR) is 105 cm³/mol. The lowest BCUT2D eigenvalue weighted by Crippen LogP contribution is -2.22. The van der Waals surface area contributed by atoms with E-state index in [9.17, 15) is 13.2 Å². The van der Waals surface area contributed by atoms with Gasteiger partial charge >= 0.3 is 0 Å². The zero-order chi connectivity index (χ0) is 20.6. The van der Waals surface area contributed by atoms with Gasteiger partial charge in [0.05, 0.1) is 32.1 Å². The SMILES string of the molecule is COc1cc2c(c(OC)c1OC)-c1ccc(S(C)(=O)=O)cc1CCC2C(N)=O. The highest BCUT2D eigenvalue weighted by molar-refractivity contribution is 7.90. The molecule has 2 N–H and O–H groups in total. The van der Waals surface area contributed by atoms with Crippen molar-refractivity contribution < 1.29 is 27.4 Å². The first-order valence-electron chi connectivity index (χ1n) is 8.68. The standard InChI is InChI=1S/C20H23NO6S/c1-25-16-10-15-14(20(21)22)7-5-11-9-12(28(4,23)24)6-8-13(11)17(15)19(27-3)18(16)26-2/h6,8-10,14H,5,7H2,1-4H3,(H2,21,22). The summed E-state index contributed by atoms with van der Waals surface area (Å²) in [5.74, 6) is 0.204. The molecular weight excluding hydrogens is 382 g/mol. The van der Waals surface area contributed by atoms with Crippen LogP contribution in [-0.2, 0) is 21.1 Å². The molecule has 1 unspecified atom stereocenters. The number of ether oxygens (including phenoxy) is 3. The number of amides is 1. The Morgan fingerprint density at radius 1 is 1.07 bits per heavy atom. The maximum absolute atomic E-state index is 12.2. The molecule has 150 valence electrons. The van der Waals surface area contributed by atoms with Gasteiger partial charge in [-0.15, -0.1) is 0 Å². The second kappa shape index (κ2) is 7.35. The van der Waals surface area contributed by atoms with E-state index < -0.39 is 21.7 Å². The number of rotatable bonds is 5. The van der Waals surface area contributed by atoms with Gasteiger partial charge in [-0.05, 0) is 47.7 Å². The van der Waals surface area contributed by atoms with E-state index in [0.29, 0.717) is 41.2 Å². The Labute approximate surface area is 164 Å². The molecule has 1 aliphatic carbocycles. The first kappa shape index (κ1) is 20.0. The molecule has 7 nitrogen and oxygen atoms in total. The zero-order valence-corrected chi connectivity index (χ0v) is 17.1. The Balaban J connectivity index is 2.41. The van der Waals surface area contributed by atoms with Crippen LogP contribution in [0.25, 0.3) is 11.1 Å². The molecule has 0 aromatic heterocycles. The van der Waals surface area contributed by atoms with Crippen LogP contribution in [0.5, 0.6) is 17.2 Å². The molecule has 3 rings (SSSR count). The van der Waals surface area contributed by atoms with Crippen molar-refractivity contribution in [3.63, 3.8) is 0 Å². The van der Waals surface area contributed by atoms with E-state index in [4.69, 9.17) is 19.9 Å². The van der Waals surface area contributed by atoms with E-state index in [1.165, 1.54) is 27.6 Å². The summed E-state index contributed by atoms with van der Waals surface area (Å²) in [7, 11) is 1.15. The van der Waals surface area contributed by atoms with Crippen LogP contribution in [0.2, 0.25) is 0 Å². The van der Waals surface area contributed by atoms with Crippen LogP contribution in [-0.4, -0.2) is 41.9 Å². The molecular formula is C20H23NO6S. The number of carbonyl (C=O) groups is 1. The predicted octanol–water partition coefficient (Wildman–Crippen LogP) is 2.30. The summed E-state index contributed by atoms with van der Waals surface area (Å²) in [5, 5.41) is 0. The van der Waals surface area contributed by atoms with Crippen molar-refractivity contribution in [2.24, 2.45) is 5.73 Å². The van der Waals surface area contributed by atoms with Crippen LogP contribution in [0.4, 0.5) is 0 Å². The van der Waals surface area contributed by atoms with Crippen molar-refractivity contribution in [1.82, 2.24) is 0 Å². The third-order valence-corrected chi connectivity index (χ3v) is 6.17. The quantitative estimate of drug-likeness (QED) is 0.818. The first-order valence-corrected chi connectivity index (χ1v) is 10.6. The first-order chi connectivity index (χ1) is 13.2. The molecule has 0 aliphatic heterocycles. The zero-order valence-electron chi connectivity index (χ0n) is 16.2. The number of hydrogen-bond donors (Lipinski definition) is 1. The van der Waals surface area contributed by atoms with Crippen molar-refractivity contribution in [2.75, 3.05) is 27.6 Å². The second-order valence-corrected chi connectivity index (χ2v) is 8.71. The molecule has 1 amide bonds. The van der Waals surface area contributed by atoms with E-state index in [2.05, 4.69) is 0 Å². The number of methoxy groups -OCH3 is 3. The average Bonchev–Trinajstić information content (AvgIpc) is 2.81. The number of hydrogen-bond acceptors (Lipinski definition) is 6. The minimum atomic E-state index is -3.36. The molecule has 1 atom stereocenters. The van der Waals surface area contributed by atoms with Gasteiger partial charge in [0.25, 0.3) is 0 Å². The number of benzene rings is 2. The topological polar surface area (TPSA) is 105 Å². The Kier molecular flexibility index (Phi) is 5.25. The summed E-state index contributed by atoms with van der Waals surface area (Å²) < 4.78 is 40.5. The van der Waals surface area contributed by atoms with Crippen molar-refractivity contribution in [3.8, 4) is 28.4 Å². The number of sulfone groups is 1. The lowest BCUT2D eigenvalue weighted by molar-refractivity contribution is -0.119. The Morgan fingerprint density at radius 2 is 1.75 bits per heavy atom. The summed E-state index contributed by atoms with van der Waals surface area (Å²) >= 11 is 0. The molecule has 1 aliphatic rings. The van der Waals surface area contributed by atoms with Crippen LogP contribution in [0.3, 0.4) is 0 Å². The summed E-state index contributed by atoms with van der Waals surface area (Å²) in [6, 6.07) is 6.68. The highest BCUT2D eigenvalue weighted by atomic mass is 32.2. The number of nitrogens with two attached hydrogens (primary N) is 1. The third kappa shape index (κ3) is 3.28. The van der Waals surface area contributed by atoms with Crippen molar-refractivity contribution in [1.29, 1.82) is 0 Å². The summed E-state index contributed by atoms with van der Waals surface area (Å²) in [6.07, 6.45) is 2.11. The fourth-order valence-electron chi connectivity index (χ4n) is 3.73. The maximum atomic E-state index is 12.2. The van der Waals surface area contributed by atoms with Gasteiger partial charge in [0.2, 0.25) is 11.7 Å². The van der Waals surface area contributed by atoms with E-state index in [1.54, 1.807) is 24.3 Å². The maximum Gasteiger partial charge on any atom is 0.225 e. The van der Waals surface area contributed by atoms with Gasteiger partial charge in [0, 0.05) is 11.8 Å². The fourth-order valence-corrected chi connectivity index (χ4v) is 4.40. The van der Waals surface area contributed by atoms with Crippen LogP contribution in [0, 0.1) is 0 Å². The molecule has 28 heavy (non-hydrogen) atoms. The van der Waals surface area contributed by atoms with Crippen LogP contribution >= 0.6 is 0 Å². The molecule has 0 radical (unpaired) electrons. The van der Waals surface area contributed by atoms with Gasteiger partial charge in [-0.3, -0.25) is 4.79 Å². The Morgan fingerprint density at radius 3 is 2.29 bits per heavy atom. The van der Waals surface area contributed by atoms with Gasteiger partial charge < -0.3 is 19.9 Å². The molecule has 0 saturated heterocycles. The molecule has 2 aromatic carbocycles. The molecule has 0 heterocycles. The lowest BCUT2D eigenvalue weighted by Gasteiger charge is -2.22. The van der Waals surface area contributed by atoms with E-state index in [0.717, 1.165) is 11.1 Å². The van der Waals surface area contributed by atoms with E-state index >= 15 is 0 Å². The van der Waals surface area contributed by atoms with Crippen LogP contribution < -0.4 is 19.9 Å². The second-order valence-electron chi connectivity index (χ2n) is 6.69. The van der Waals surface area contributed by atoms with Crippen LogP contribution in [0.1, 0.15) is 23.5 Å². The molecule has 0 spiro atoms. The summed E-state index contributed by atoms with van der Waals surface area (Å²) in [6.45, 7) is 0. The average molecular weight is 405 g/mol. The van der Waals surface area contributed by atoms with Crippen LogP contribution in [0.15, 0.2) is 29.2 Å². The molecule has 8 heteroatoms. The smallest absolute Gasteiger partial charge is 0.225 e. The fraction of sp³-hybridized carbons (Fsp3) is 0.350. The molecule has 0 fully saturated rings. The number of fused-ring (bicyclic) bond motifs is 3. The minimum absolute atomic E-state index is 0.227. The van der Waals surface area contributed by atoms with E-state index in [1.807, 2.05) is 0 Å². The van der Waals surface area contributed by atoms with Gasteiger partial charge in [-0.25, -0.2) is 8.42 Å². The highest BCUT2D eigenvalue weighted by Crippen LogP contribution is 2.51. The molecule has 0 bridgehead atoms.